The molecule has 0 N–H and O–H groups in total. The minimum absolute atomic E-state index is 0.137. The molecule has 1 rings (SSSR count). The summed E-state index contributed by atoms with van der Waals surface area (Å²) in [7, 11) is 1.23. The Kier molecular flexibility index (Phi) is 3.84. The molecule has 0 aliphatic carbocycles. The van der Waals surface area contributed by atoms with Gasteiger partial charge in [-0.3, -0.25) is 14.9 Å². The lowest BCUT2D eigenvalue weighted by Crippen LogP contribution is -2.12. The van der Waals surface area contributed by atoms with Crippen molar-refractivity contribution >= 4 is 23.3 Å². The van der Waals surface area contributed by atoms with Gasteiger partial charge in [-0.25, -0.2) is 0 Å². The van der Waals surface area contributed by atoms with Crippen LogP contribution in [0.25, 0.3) is 0 Å². The Morgan fingerprint density at radius 1 is 1.56 bits per heavy atom. The number of rotatable bonds is 3. The van der Waals surface area contributed by atoms with E-state index in [-0.39, 0.29) is 11.3 Å². The number of nitro benzene ring substituents is 1. The summed E-state index contributed by atoms with van der Waals surface area (Å²) in [5.74, 6) is -1.26. The van der Waals surface area contributed by atoms with Gasteiger partial charge in [0, 0.05) is 16.7 Å². The van der Waals surface area contributed by atoms with E-state index >= 15 is 0 Å². The van der Waals surface area contributed by atoms with Crippen LogP contribution in [-0.2, 0) is 9.53 Å². The molecule has 1 unspecified atom stereocenters. The van der Waals surface area contributed by atoms with Crippen LogP contribution in [0.1, 0.15) is 18.4 Å². The highest BCUT2D eigenvalue weighted by molar-refractivity contribution is 6.30. The molecule has 0 saturated heterocycles. The van der Waals surface area contributed by atoms with Gasteiger partial charge in [0.25, 0.3) is 5.69 Å². The number of hydrogen-bond acceptors (Lipinski definition) is 4. The van der Waals surface area contributed by atoms with Crippen LogP contribution in [0.2, 0.25) is 5.02 Å². The van der Waals surface area contributed by atoms with Crippen LogP contribution < -0.4 is 0 Å². The maximum Gasteiger partial charge on any atom is 0.313 e. The number of nitrogens with zero attached hydrogens (tertiary/aromatic N) is 1. The molecule has 0 radical (unpaired) electrons. The van der Waals surface area contributed by atoms with E-state index in [9.17, 15) is 14.9 Å². The Bertz CT molecular complexity index is 433. The molecule has 0 aliphatic heterocycles. The molecule has 86 valence electrons. The lowest BCUT2D eigenvalue weighted by Gasteiger charge is -2.09. The highest BCUT2D eigenvalue weighted by atomic mass is 35.5. The SMILES string of the molecule is COC(=O)C(C)c1cc(Cl)ccc1[N+](=O)[O-]. The fourth-order valence-corrected chi connectivity index (χ4v) is 1.52. The zero-order valence-corrected chi connectivity index (χ0v) is 9.52. The summed E-state index contributed by atoms with van der Waals surface area (Å²) in [6, 6.07) is 4.09. The molecule has 0 spiro atoms. The summed E-state index contributed by atoms with van der Waals surface area (Å²) in [6.07, 6.45) is 0. The zero-order chi connectivity index (χ0) is 12.3. The molecule has 0 aromatic heterocycles. The van der Waals surface area contributed by atoms with E-state index in [1.54, 1.807) is 0 Å². The first-order chi connectivity index (χ1) is 7.47. The monoisotopic (exact) mass is 243 g/mol. The number of carbonyl (C=O) groups excluding carboxylic acids is 1. The van der Waals surface area contributed by atoms with Crippen molar-refractivity contribution in [2.24, 2.45) is 0 Å². The number of carbonyl (C=O) groups is 1. The lowest BCUT2D eigenvalue weighted by atomic mass is 9.99. The third kappa shape index (κ3) is 2.49. The van der Waals surface area contributed by atoms with Gasteiger partial charge in [0.15, 0.2) is 0 Å². The van der Waals surface area contributed by atoms with Gasteiger partial charge in [-0.1, -0.05) is 11.6 Å². The second-order valence-electron chi connectivity index (χ2n) is 3.21. The third-order valence-electron chi connectivity index (χ3n) is 2.21. The van der Waals surface area contributed by atoms with E-state index in [1.807, 2.05) is 0 Å². The fraction of sp³-hybridized carbons (Fsp3) is 0.300. The van der Waals surface area contributed by atoms with Gasteiger partial charge >= 0.3 is 5.97 Å². The van der Waals surface area contributed by atoms with Crippen molar-refractivity contribution in [3.05, 3.63) is 38.9 Å². The van der Waals surface area contributed by atoms with Crippen LogP contribution in [0.3, 0.4) is 0 Å². The van der Waals surface area contributed by atoms with Crippen molar-refractivity contribution in [3.63, 3.8) is 0 Å². The molecular weight excluding hydrogens is 234 g/mol. The van der Waals surface area contributed by atoms with Crippen molar-refractivity contribution in [3.8, 4) is 0 Å². The highest BCUT2D eigenvalue weighted by Crippen LogP contribution is 2.29. The smallest absolute Gasteiger partial charge is 0.313 e. The molecular formula is C10H10ClNO4. The minimum atomic E-state index is -0.718. The summed E-state index contributed by atoms with van der Waals surface area (Å²) in [6.45, 7) is 1.53. The number of halogens is 1. The Morgan fingerprint density at radius 2 is 2.19 bits per heavy atom. The first-order valence-electron chi connectivity index (χ1n) is 4.49. The highest BCUT2D eigenvalue weighted by Gasteiger charge is 2.24. The minimum Gasteiger partial charge on any atom is -0.469 e. The molecule has 0 saturated carbocycles. The third-order valence-corrected chi connectivity index (χ3v) is 2.44. The molecule has 1 aromatic carbocycles. The average Bonchev–Trinajstić information content (AvgIpc) is 2.26. The van der Waals surface area contributed by atoms with Crippen molar-refractivity contribution in [2.45, 2.75) is 12.8 Å². The lowest BCUT2D eigenvalue weighted by molar-refractivity contribution is -0.385. The number of ether oxygens (including phenoxy) is 1. The topological polar surface area (TPSA) is 69.4 Å². The average molecular weight is 244 g/mol. The van der Waals surface area contributed by atoms with Gasteiger partial charge in [0.05, 0.1) is 18.0 Å². The normalized spacial score (nSPS) is 11.9. The summed E-state index contributed by atoms with van der Waals surface area (Å²) in [5, 5.41) is 11.1. The van der Waals surface area contributed by atoms with Crippen molar-refractivity contribution in [1.29, 1.82) is 0 Å². The quantitative estimate of drug-likeness (QED) is 0.465. The summed E-state index contributed by atoms with van der Waals surface area (Å²) < 4.78 is 4.54. The van der Waals surface area contributed by atoms with Crippen LogP contribution in [0.4, 0.5) is 5.69 Å². The predicted molar refractivity (Wildman–Crippen MR) is 58.5 cm³/mol. The Morgan fingerprint density at radius 3 is 2.69 bits per heavy atom. The first kappa shape index (κ1) is 12.4. The maximum absolute atomic E-state index is 11.3. The van der Waals surface area contributed by atoms with Crippen LogP contribution >= 0.6 is 11.6 Å². The number of hydrogen-bond donors (Lipinski definition) is 0. The fourth-order valence-electron chi connectivity index (χ4n) is 1.34. The standard InChI is InChI=1S/C10H10ClNO4/c1-6(10(13)16-2)8-5-7(11)3-4-9(8)12(14)15/h3-6H,1-2H3. The van der Waals surface area contributed by atoms with Crippen LogP contribution in [0.15, 0.2) is 18.2 Å². The number of esters is 1. The maximum atomic E-state index is 11.3. The molecule has 0 bridgehead atoms. The molecule has 6 heteroatoms. The van der Waals surface area contributed by atoms with Crippen LogP contribution in [-0.4, -0.2) is 18.0 Å². The summed E-state index contributed by atoms with van der Waals surface area (Å²) in [4.78, 5) is 21.5. The molecule has 0 heterocycles. The van der Waals surface area contributed by atoms with Crippen molar-refractivity contribution in [2.75, 3.05) is 7.11 Å². The largest absolute Gasteiger partial charge is 0.469 e. The van der Waals surface area contributed by atoms with E-state index in [4.69, 9.17) is 11.6 Å². The van der Waals surface area contributed by atoms with E-state index in [0.29, 0.717) is 5.02 Å². The molecule has 0 amide bonds. The van der Waals surface area contributed by atoms with E-state index in [0.717, 1.165) is 0 Å². The van der Waals surface area contributed by atoms with Crippen LogP contribution in [0.5, 0.6) is 0 Å². The molecule has 0 aliphatic rings. The van der Waals surface area contributed by atoms with E-state index in [1.165, 1.54) is 32.2 Å². The molecule has 1 aromatic rings. The number of methoxy groups -OCH3 is 1. The summed E-state index contributed by atoms with van der Waals surface area (Å²) >= 11 is 5.74. The van der Waals surface area contributed by atoms with Gasteiger partial charge in [-0.15, -0.1) is 0 Å². The number of benzene rings is 1. The molecule has 16 heavy (non-hydrogen) atoms. The Balaban J connectivity index is 3.24. The second-order valence-corrected chi connectivity index (χ2v) is 3.64. The van der Waals surface area contributed by atoms with Gasteiger partial charge < -0.3 is 4.74 Å². The van der Waals surface area contributed by atoms with Gasteiger partial charge in [-0.2, -0.15) is 0 Å². The molecule has 1 atom stereocenters. The van der Waals surface area contributed by atoms with Crippen LogP contribution in [0, 0.1) is 10.1 Å². The van der Waals surface area contributed by atoms with Crippen molar-refractivity contribution in [1.82, 2.24) is 0 Å². The van der Waals surface area contributed by atoms with Crippen molar-refractivity contribution < 1.29 is 14.5 Å². The Hall–Kier alpha value is -1.62. The van der Waals surface area contributed by atoms with E-state index < -0.39 is 16.8 Å². The van der Waals surface area contributed by atoms with Gasteiger partial charge in [0.1, 0.15) is 0 Å². The van der Waals surface area contributed by atoms with Gasteiger partial charge in [0.2, 0.25) is 0 Å². The number of nitro groups is 1. The first-order valence-corrected chi connectivity index (χ1v) is 4.86. The van der Waals surface area contributed by atoms with E-state index in [2.05, 4.69) is 4.74 Å². The molecule has 5 nitrogen and oxygen atoms in total. The predicted octanol–water partition coefficient (Wildman–Crippen LogP) is 2.52. The molecule has 0 fully saturated rings. The second kappa shape index (κ2) is 4.94. The Labute approximate surface area is 97.1 Å². The van der Waals surface area contributed by atoms with Gasteiger partial charge in [-0.05, 0) is 19.1 Å². The zero-order valence-electron chi connectivity index (χ0n) is 8.77. The summed E-state index contributed by atoms with van der Waals surface area (Å²) in [5.41, 5.74) is 0.117.